The second kappa shape index (κ2) is 7.56. The summed E-state index contributed by atoms with van der Waals surface area (Å²) in [4.78, 5) is 29.5. The second-order valence-corrected chi connectivity index (χ2v) is 6.57. The Morgan fingerprint density at radius 1 is 1.26 bits per heavy atom. The molecule has 0 bridgehead atoms. The maximum Gasteiger partial charge on any atom is 0.418 e. The number of rotatable bonds is 4. The Bertz CT molecular complexity index is 859. The predicted molar refractivity (Wildman–Crippen MR) is 93.0 cm³/mol. The minimum Gasteiger partial charge on any atom is -0.352 e. The van der Waals surface area contributed by atoms with Crippen LogP contribution in [-0.2, 0) is 22.3 Å². The average molecular weight is 398 g/mol. The Morgan fingerprint density at radius 3 is 2.63 bits per heavy atom. The van der Waals surface area contributed by atoms with Gasteiger partial charge < -0.3 is 10.2 Å². The summed E-state index contributed by atoms with van der Waals surface area (Å²) in [5, 5.41) is 2.62. The normalized spacial score (nSPS) is 17.3. The molecule has 1 aromatic heterocycles. The van der Waals surface area contributed by atoms with Crippen molar-refractivity contribution in [2.75, 3.05) is 11.4 Å². The van der Waals surface area contributed by atoms with Gasteiger partial charge >= 0.3 is 6.18 Å². The third-order valence-electron chi connectivity index (χ3n) is 4.27. The summed E-state index contributed by atoms with van der Waals surface area (Å²) in [5.74, 6) is -1.65. The molecule has 2 heterocycles. The van der Waals surface area contributed by atoms with Crippen LogP contribution in [0, 0.1) is 5.92 Å². The molecular formula is C18H15ClF3N3O2. The molecule has 1 aliphatic rings. The minimum absolute atomic E-state index is 0.0793. The Hall–Kier alpha value is -2.61. The van der Waals surface area contributed by atoms with E-state index in [1.165, 1.54) is 6.07 Å². The summed E-state index contributed by atoms with van der Waals surface area (Å²) in [7, 11) is 0. The molecule has 1 saturated heterocycles. The number of anilines is 1. The first-order valence-corrected chi connectivity index (χ1v) is 8.47. The van der Waals surface area contributed by atoms with Crippen LogP contribution < -0.4 is 10.2 Å². The summed E-state index contributed by atoms with van der Waals surface area (Å²) >= 11 is 5.67. The molecule has 142 valence electrons. The number of aromatic nitrogens is 1. The van der Waals surface area contributed by atoms with E-state index in [9.17, 15) is 22.8 Å². The number of amides is 2. The molecule has 0 saturated carbocycles. The summed E-state index contributed by atoms with van der Waals surface area (Å²) in [6.07, 6.45) is -1.65. The molecule has 9 heteroatoms. The molecule has 0 radical (unpaired) electrons. The first kappa shape index (κ1) is 19.2. The van der Waals surface area contributed by atoms with Crippen LogP contribution >= 0.6 is 11.6 Å². The quantitative estimate of drug-likeness (QED) is 0.859. The SMILES string of the molecule is O=C(NCc1ccncc1)C1CC(=O)N(c2ccc(Cl)cc2C(F)(F)F)C1. The second-order valence-electron chi connectivity index (χ2n) is 6.14. The molecule has 5 nitrogen and oxygen atoms in total. The lowest BCUT2D eigenvalue weighted by atomic mass is 10.1. The van der Waals surface area contributed by atoms with Crippen molar-refractivity contribution < 1.29 is 22.8 Å². The highest BCUT2D eigenvalue weighted by molar-refractivity contribution is 6.30. The Balaban J connectivity index is 1.73. The third-order valence-corrected chi connectivity index (χ3v) is 4.50. The van der Waals surface area contributed by atoms with E-state index in [1.54, 1.807) is 24.5 Å². The minimum atomic E-state index is -4.66. The van der Waals surface area contributed by atoms with Crippen molar-refractivity contribution in [1.29, 1.82) is 0 Å². The number of carbonyl (C=O) groups is 2. The zero-order valence-electron chi connectivity index (χ0n) is 14.0. The largest absolute Gasteiger partial charge is 0.418 e. The highest BCUT2D eigenvalue weighted by Crippen LogP contribution is 2.40. The fourth-order valence-corrected chi connectivity index (χ4v) is 3.09. The molecule has 0 spiro atoms. The molecule has 1 aliphatic heterocycles. The van der Waals surface area contributed by atoms with Gasteiger partial charge in [0.05, 0.1) is 17.2 Å². The van der Waals surface area contributed by atoms with Crippen molar-refractivity contribution in [2.24, 2.45) is 5.92 Å². The summed E-state index contributed by atoms with van der Waals surface area (Å²) in [6.45, 7) is 0.131. The number of pyridine rings is 1. The molecule has 1 fully saturated rings. The van der Waals surface area contributed by atoms with Crippen LogP contribution in [0.3, 0.4) is 0 Å². The van der Waals surface area contributed by atoms with Gasteiger partial charge in [0.25, 0.3) is 0 Å². The van der Waals surface area contributed by atoms with E-state index in [2.05, 4.69) is 10.3 Å². The summed E-state index contributed by atoms with van der Waals surface area (Å²) in [5.41, 5.74) is -0.459. The molecule has 1 aromatic carbocycles. The topological polar surface area (TPSA) is 62.3 Å². The van der Waals surface area contributed by atoms with Gasteiger partial charge in [0.15, 0.2) is 0 Å². The fourth-order valence-electron chi connectivity index (χ4n) is 2.92. The number of nitrogens with one attached hydrogen (secondary N) is 1. The van der Waals surface area contributed by atoms with Gasteiger partial charge in [-0.05, 0) is 35.9 Å². The van der Waals surface area contributed by atoms with Gasteiger partial charge in [0.1, 0.15) is 0 Å². The molecule has 1 N–H and O–H groups in total. The standard InChI is InChI=1S/C18H15ClF3N3O2/c19-13-1-2-15(14(8-13)18(20,21)22)25-10-12(7-16(25)26)17(27)24-9-11-3-5-23-6-4-11/h1-6,8,12H,7,9-10H2,(H,24,27). The van der Waals surface area contributed by atoms with Gasteiger partial charge in [-0.25, -0.2) is 0 Å². The Labute approximate surface area is 158 Å². The van der Waals surface area contributed by atoms with E-state index in [-0.39, 0.29) is 36.1 Å². The molecule has 0 aliphatic carbocycles. The summed E-state index contributed by atoms with van der Waals surface area (Å²) in [6, 6.07) is 6.68. The van der Waals surface area contributed by atoms with Crippen LogP contribution in [0.5, 0.6) is 0 Å². The average Bonchev–Trinajstić information content (AvgIpc) is 3.01. The van der Waals surface area contributed by atoms with Crippen molar-refractivity contribution >= 4 is 29.1 Å². The third kappa shape index (κ3) is 4.39. The molecule has 1 atom stereocenters. The zero-order valence-corrected chi connectivity index (χ0v) is 14.7. The van der Waals surface area contributed by atoms with E-state index >= 15 is 0 Å². The fraction of sp³-hybridized carbons (Fsp3) is 0.278. The van der Waals surface area contributed by atoms with Crippen LogP contribution in [0.2, 0.25) is 5.02 Å². The van der Waals surface area contributed by atoms with Crippen LogP contribution in [-0.4, -0.2) is 23.3 Å². The van der Waals surface area contributed by atoms with E-state index in [4.69, 9.17) is 11.6 Å². The van der Waals surface area contributed by atoms with Crippen LogP contribution in [0.25, 0.3) is 0 Å². The van der Waals surface area contributed by atoms with Crippen molar-refractivity contribution in [2.45, 2.75) is 19.1 Å². The summed E-state index contributed by atoms with van der Waals surface area (Å²) < 4.78 is 39.9. The van der Waals surface area contributed by atoms with Gasteiger partial charge in [0.2, 0.25) is 11.8 Å². The monoisotopic (exact) mass is 397 g/mol. The van der Waals surface area contributed by atoms with Crippen LogP contribution in [0.1, 0.15) is 17.5 Å². The van der Waals surface area contributed by atoms with Gasteiger partial charge in [-0.1, -0.05) is 11.6 Å². The highest BCUT2D eigenvalue weighted by Gasteiger charge is 2.41. The van der Waals surface area contributed by atoms with E-state index in [1.807, 2.05) is 0 Å². The number of nitrogens with zero attached hydrogens (tertiary/aromatic N) is 2. The first-order chi connectivity index (χ1) is 12.8. The number of alkyl halides is 3. The van der Waals surface area contributed by atoms with Gasteiger partial charge in [-0.2, -0.15) is 13.2 Å². The van der Waals surface area contributed by atoms with E-state index in [0.29, 0.717) is 0 Å². The van der Waals surface area contributed by atoms with Gasteiger partial charge in [0, 0.05) is 36.9 Å². The smallest absolute Gasteiger partial charge is 0.352 e. The predicted octanol–water partition coefficient (Wildman–Crippen LogP) is 3.42. The van der Waals surface area contributed by atoms with Crippen LogP contribution in [0.4, 0.5) is 18.9 Å². The number of carbonyl (C=O) groups excluding carboxylic acids is 2. The lowest BCUT2D eigenvalue weighted by Crippen LogP contribution is -2.33. The highest BCUT2D eigenvalue weighted by atomic mass is 35.5. The molecular weight excluding hydrogens is 383 g/mol. The van der Waals surface area contributed by atoms with Crippen molar-refractivity contribution in [3.05, 3.63) is 58.9 Å². The Kier molecular flexibility index (Phi) is 5.36. The number of hydrogen-bond acceptors (Lipinski definition) is 3. The zero-order chi connectivity index (χ0) is 19.6. The molecule has 1 unspecified atom stereocenters. The van der Waals surface area contributed by atoms with Crippen LogP contribution in [0.15, 0.2) is 42.7 Å². The maximum absolute atomic E-state index is 13.3. The van der Waals surface area contributed by atoms with E-state index < -0.39 is 23.6 Å². The number of hydrogen-bond donors (Lipinski definition) is 1. The molecule has 3 rings (SSSR count). The number of halogens is 4. The first-order valence-electron chi connectivity index (χ1n) is 8.09. The van der Waals surface area contributed by atoms with E-state index in [0.717, 1.165) is 22.6 Å². The molecule has 2 aromatic rings. The number of benzene rings is 1. The molecule has 27 heavy (non-hydrogen) atoms. The Morgan fingerprint density at radius 2 is 1.96 bits per heavy atom. The lowest BCUT2D eigenvalue weighted by Gasteiger charge is -2.22. The van der Waals surface area contributed by atoms with Gasteiger partial charge in [-0.3, -0.25) is 14.6 Å². The maximum atomic E-state index is 13.3. The van der Waals surface area contributed by atoms with Crippen molar-refractivity contribution in [1.82, 2.24) is 10.3 Å². The van der Waals surface area contributed by atoms with Crippen molar-refractivity contribution in [3.8, 4) is 0 Å². The molecule has 2 amide bonds. The van der Waals surface area contributed by atoms with Gasteiger partial charge in [-0.15, -0.1) is 0 Å². The van der Waals surface area contributed by atoms with Crippen molar-refractivity contribution in [3.63, 3.8) is 0 Å². The lowest BCUT2D eigenvalue weighted by molar-refractivity contribution is -0.137.